The molecular weight excluding hydrogens is 288 g/mol. The molecule has 0 saturated carbocycles. The summed E-state index contributed by atoms with van der Waals surface area (Å²) in [4.78, 5) is 11.8. The van der Waals surface area contributed by atoms with Gasteiger partial charge in [-0.05, 0) is 17.7 Å². The minimum absolute atomic E-state index is 0. The van der Waals surface area contributed by atoms with Crippen LogP contribution in [0.15, 0.2) is 29.2 Å². The van der Waals surface area contributed by atoms with Crippen molar-refractivity contribution in [1.82, 2.24) is 5.32 Å². The summed E-state index contributed by atoms with van der Waals surface area (Å²) >= 11 is 0. The van der Waals surface area contributed by atoms with Gasteiger partial charge in [-0.2, -0.15) is 0 Å². The molecule has 0 radical (unpaired) electrons. The number of carbonyl (C=O) groups excluding carboxylic acids is 1. The van der Waals surface area contributed by atoms with E-state index in [1.54, 1.807) is 19.1 Å². The van der Waals surface area contributed by atoms with Crippen LogP contribution in [-0.2, 0) is 21.2 Å². The second-order valence-corrected chi connectivity index (χ2v) is 6.29. The van der Waals surface area contributed by atoms with Gasteiger partial charge < -0.3 is 11.1 Å². The second-order valence-electron chi connectivity index (χ2n) is 4.27. The highest BCUT2D eigenvalue weighted by Crippen LogP contribution is 2.10. The van der Waals surface area contributed by atoms with Crippen LogP contribution in [0.1, 0.15) is 12.5 Å². The van der Waals surface area contributed by atoms with Gasteiger partial charge in [-0.1, -0.05) is 19.1 Å². The maximum absolute atomic E-state index is 11.5. The van der Waals surface area contributed by atoms with E-state index in [-0.39, 0.29) is 29.1 Å². The van der Waals surface area contributed by atoms with Crippen molar-refractivity contribution in [3.05, 3.63) is 29.8 Å². The molecule has 0 aliphatic carbocycles. The van der Waals surface area contributed by atoms with E-state index in [0.29, 0.717) is 13.1 Å². The minimum atomic E-state index is -3.17. The van der Waals surface area contributed by atoms with Gasteiger partial charge in [-0.15, -0.1) is 12.4 Å². The molecule has 0 heterocycles. The van der Waals surface area contributed by atoms with Crippen LogP contribution in [0.4, 0.5) is 0 Å². The predicted molar refractivity (Wildman–Crippen MR) is 76.9 cm³/mol. The van der Waals surface area contributed by atoms with Crippen molar-refractivity contribution in [1.29, 1.82) is 0 Å². The molecule has 19 heavy (non-hydrogen) atoms. The molecular formula is C12H19ClN2O3S. The lowest BCUT2D eigenvalue weighted by Gasteiger charge is -2.10. The molecule has 0 aliphatic rings. The number of nitrogens with two attached hydrogens (primary N) is 1. The molecule has 7 heteroatoms. The number of rotatable bonds is 5. The molecule has 1 aromatic carbocycles. The van der Waals surface area contributed by atoms with E-state index < -0.39 is 9.84 Å². The van der Waals surface area contributed by atoms with E-state index in [4.69, 9.17) is 5.73 Å². The quantitative estimate of drug-likeness (QED) is 0.839. The highest BCUT2D eigenvalue weighted by Gasteiger charge is 2.10. The fourth-order valence-electron chi connectivity index (χ4n) is 1.32. The van der Waals surface area contributed by atoms with Gasteiger partial charge in [0.25, 0.3) is 0 Å². The van der Waals surface area contributed by atoms with Gasteiger partial charge in [-0.25, -0.2) is 8.42 Å². The zero-order valence-corrected chi connectivity index (χ0v) is 12.6. The lowest BCUT2D eigenvalue weighted by molar-refractivity contribution is -0.124. The topological polar surface area (TPSA) is 89.3 Å². The van der Waals surface area contributed by atoms with Gasteiger partial charge in [-0.3, -0.25) is 4.79 Å². The van der Waals surface area contributed by atoms with Crippen LogP contribution in [0.25, 0.3) is 0 Å². The van der Waals surface area contributed by atoms with Gasteiger partial charge in [0.2, 0.25) is 5.91 Å². The van der Waals surface area contributed by atoms with Crippen LogP contribution in [0, 0.1) is 5.92 Å². The summed E-state index contributed by atoms with van der Waals surface area (Å²) in [6.07, 6.45) is 1.16. The smallest absolute Gasteiger partial charge is 0.224 e. The van der Waals surface area contributed by atoms with Crippen LogP contribution < -0.4 is 11.1 Å². The largest absolute Gasteiger partial charge is 0.352 e. The Morgan fingerprint density at radius 2 is 1.84 bits per heavy atom. The van der Waals surface area contributed by atoms with Crippen molar-refractivity contribution in [3.63, 3.8) is 0 Å². The zero-order valence-electron chi connectivity index (χ0n) is 10.9. The monoisotopic (exact) mass is 306 g/mol. The number of halogens is 1. The third-order valence-corrected chi connectivity index (χ3v) is 3.75. The Bertz CT molecular complexity index is 514. The average molecular weight is 307 g/mol. The molecule has 1 amide bonds. The Kier molecular flexibility index (Phi) is 7.04. The summed E-state index contributed by atoms with van der Waals surface area (Å²) in [5, 5.41) is 2.74. The Morgan fingerprint density at radius 1 is 1.32 bits per heavy atom. The first-order chi connectivity index (χ1) is 8.34. The Balaban J connectivity index is 0.00000324. The normalized spacial score (nSPS) is 12.4. The van der Waals surface area contributed by atoms with E-state index in [9.17, 15) is 13.2 Å². The van der Waals surface area contributed by atoms with E-state index in [0.717, 1.165) is 11.8 Å². The minimum Gasteiger partial charge on any atom is -0.352 e. The van der Waals surface area contributed by atoms with Crippen LogP contribution in [-0.4, -0.2) is 27.1 Å². The molecule has 0 aromatic heterocycles. The Hall–Kier alpha value is -1.11. The van der Waals surface area contributed by atoms with Crippen LogP contribution in [0.3, 0.4) is 0 Å². The first kappa shape index (κ1) is 17.9. The lowest BCUT2D eigenvalue weighted by Crippen LogP contribution is -2.32. The fourth-order valence-corrected chi connectivity index (χ4v) is 1.96. The molecule has 0 saturated heterocycles. The highest BCUT2D eigenvalue weighted by atomic mass is 35.5. The van der Waals surface area contributed by atoms with Gasteiger partial charge in [0.1, 0.15) is 0 Å². The molecule has 108 valence electrons. The Morgan fingerprint density at radius 3 is 2.26 bits per heavy atom. The Labute approximate surface area is 119 Å². The summed E-state index contributed by atoms with van der Waals surface area (Å²) in [5.74, 6) is -0.329. The van der Waals surface area contributed by atoms with E-state index in [1.807, 2.05) is 0 Å². The average Bonchev–Trinajstić information content (AvgIpc) is 2.34. The van der Waals surface area contributed by atoms with Crippen LogP contribution in [0.5, 0.6) is 0 Å². The van der Waals surface area contributed by atoms with Crippen molar-refractivity contribution in [2.24, 2.45) is 11.7 Å². The summed E-state index contributed by atoms with van der Waals surface area (Å²) < 4.78 is 22.5. The summed E-state index contributed by atoms with van der Waals surface area (Å²) in [5.41, 5.74) is 6.23. The van der Waals surface area contributed by atoms with E-state index in [1.165, 1.54) is 12.1 Å². The fraction of sp³-hybridized carbons (Fsp3) is 0.417. The third-order valence-electron chi connectivity index (χ3n) is 2.62. The molecule has 0 fully saturated rings. The van der Waals surface area contributed by atoms with Crippen LogP contribution in [0.2, 0.25) is 0 Å². The van der Waals surface area contributed by atoms with Crippen molar-refractivity contribution in [2.75, 3.05) is 12.8 Å². The number of hydrogen-bond donors (Lipinski definition) is 2. The number of nitrogens with one attached hydrogen (secondary N) is 1. The molecule has 0 aliphatic heterocycles. The van der Waals surface area contributed by atoms with Gasteiger partial charge in [0.15, 0.2) is 9.84 Å². The lowest BCUT2D eigenvalue weighted by atomic mass is 10.1. The van der Waals surface area contributed by atoms with Gasteiger partial charge in [0.05, 0.1) is 4.90 Å². The van der Waals surface area contributed by atoms with E-state index >= 15 is 0 Å². The molecule has 5 nitrogen and oxygen atoms in total. The SMILES string of the molecule is CC(CN)C(=O)NCc1ccc(S(C)(=O)=O)cc1.Cl. The molecule has 0 bridgehead atoms. The standard InChI is InChI=1S/C12H18N2O3S.ClH/c1-9(7-13)12(15)14-8-10-3-5-11(6-4-10)18(2,16)17;/h3-6,9H,7-8,13H2,1-2H3,(H,14,15);1H. The molecule has 1 rings (SSSR count). The summed E-state index contributed by atoms with van der Waals surface area (Å²) in [6.45, 7) is 2.42. The first-order valence-electron chi connectivity index (χ1n) is 5.61. The summed E-state index contributed by atoms with van der Waals surface area (Å²) in [7, 11) is -3.17. The molecule has 1 aromatic rings. The van der Waals surface area contributed by atoms with Crippen molar-refractivity contribution in [3.8, 4) is 0 Å². The zero-order chi connectivity index (χ0) is 13.8. The molecule has 1 atom stereocenters. The second kappa shape index (κ2) is 7.47. The number of sulfone groups is 1. The van der Waals surface area contributed by atoms with Gasteiger partial charge >= 0.3 is 0 Å². The third kappa shape index (κ3) is 5.59. The molecule has 3 N–H and O–H groups in total. The number of benzene rings is 1. The molecule has 0 spiro atoms. The van der Waals surface area contributed by atoms with Gasteiger partial charge in [0, 0.05) is 25.3 Å². The number of hydrogen-bond acceptors (Lipinski definition) is 4. The highest BCUT2D eigenvalue weighted by molar-refractivity contribution is 7.90. The maximum atomic E-state index is 11.5. The molecule has 1 unspecified atom stereocenters. The maximum Gasteiger partial charge on any atom is 0.224 e. The van der Waals surface area contributed by atoms with Crippen LogP contribution >= 0.6 is 12.4 Å². The van der Waals surface area contributed by atoms with Crippen molar-refractivity contribution in [2.45, 2.75) is 18.4 Å². The first-order valence-corrected chi connectivity index (χ1v) is 7.50. The summed E-state index contributed by atoms with van der Waals surface area (Å²) in [6, 6.07) is 6.43. The van der Waals surface area contributed by atoms with Crippen molar-refractivity contribution >= 4 is 28.2 Å². The predicted octanol–water partition coefficient (Wildman–Crippen LogP) is 0.723. The number of carbonyl (C=O) groups is 1. The number of amides is 1. The van der Waals surface area contributed by atoms with Crippen molar-refractivity contribution < 1.29 is 13.2 Å². The van der Waals surface area contributed by atoms with E-state index in [2.05, 4.69) is 5.32 Å².